The average Bonchev–Trinajstić information content (AvgIpc) is 2.40. The molecule has 0 amide bonds. The fourth-order valence-corrected chi connectivity index (χ4v) is 2.23. The Morgan fingerprint density at radius 1 is 1.20 bits per heavy atom. The smallest absolute Gasteiger partial charge is 0.0963 e. The highest BCUT2D eigenvalue weighted by molar-refractivity contribution is 5.82. The predicted octanol–water partition coefficient (Wildman–Crippen LogP) is 3.95. The molecule has 1 aromatic carbocycles. The van der Waals surface area contributed by atoms with Crippen molar-refractivity contribution < 1.29 is 0 Å². The van der Waals surface area contributed by atoms with E-state index >= 15 is 0 Å². The Bertz CT molecular complexity index is 420. The SMILES string of the molecule is CCN(CCCCC(C)(C)C(=N)N)c1ccc(C)cc1. The average molecular weight is 275 g/mol. The van der Waals surface area contributed by atoms with Crippen LogP contribution < -0.4 is 10.6 Å². The van der Waals surface area contributed by atoms with Crippen LogP contribution in [0.5, 0.6) is 0 Å². The minimum Gasteiger partial charge on any atom is -0.387 e. The molecule has 0 aliphatic rings. The molecular weight excluding hydrogens is 246 g/mol. The van der Waals surface area contributed by atoms with E-state index in [-0.39, 0.29) is 5.41 Å². The summed E-state index contributed by atoms with van der Waals surface area (Å²) in [7, 11) is 0. The van der Waals surface area contributed by atoms with E-state index in [1.165, 1.54) is 11.3 Å². The first-order valence-corrected chi connectivity index (χ1v) is 7.53. The second kappa shape index (κ2) is 7.32. The molecule has 0 fully saturated rings. The van der Waals surface area contributed by atoms with Gasteiger partial charge in [-0.15, -0.1) is 0 Å². The molecule has 3 N–H and O–H groups in total. The van der Waals surface area contributed by atoms with Gasteiger partial charge in [0.05, 0.1) is 5.84 Å². The largest absolute Gasteiger partial charge is 0.387 e. The van der Waals surface area contributed by atoms with Gasteiger partial charge in [-0.2, -0.15) is 0 Å². The predicted molar refractivity (Wildman–Crippen MR) is 88.6 cm³/mol. The van der Waals surface area contributed by atoms with Gasteiger partial charge in [0.15, 0.2) is 0 Å². The summed E-state index contributed by atoms with van der Waals surface area (Å²) in [5, 5.41) is 7.58. The topological polar surface area (TPSA) is 53.1 Å². The Morgan fingerprint density at radius 3 is 2.30 bits per heavy atom. The molecule has 0 atom stereocenters. The lowest BCUT2D eigenvalue weighted by atomic mass is 9.86. The van der Waals surface area contributed by atoms with Crippen molar-refractivity contribution in [1.29, 1.82) is 5.41 Å². The van der Waals surface area contributed by atoms with Crippen molar-refractivity contribution in [2.75, 3.05) is 18.0 Å². The normalized spacial score (nSPS) is 11.4. The second-order valence-electron chi connectivity index (χ2n) is 6.17. The summed E-state index contributed by atoms with van der Waals surface area (Å²) in [5.41, 5.74) is 8.05. The highest BCUT2D eigenvalue weighted by atomic mass is 15.1. The fraction of sp³-hybridized carbons (Fsp3) is 0.588. The maximum Gasteiger partial charge on any atom is 0.0963 e. The number of nitrogens with one attached hydrogen (secondary N) is 1. The van der Waals surface area contributed by atoms with Crippen LogP contribution in [0.3, 0.4) is 0 Å². The lowest BCUT2D eigenvalue weighted by molar-refractivity contribution is 0.441. The third-order valence-corrected chi connectivity index (χ3v) is 3.99. The van der Waals surface area contributed by atoms with Crippen LogP contribution in [0, 0.1) is 17.7 Å². The van der Waals surface area contributed by atoms with Gasteiger partial charge in [-0.1, -0.05) is 38.0 Å². The van der Waals surface area contributed by atoms with Crippen molar-refractivity contribution >= 4 is 11.5 Å². The van der Waals surface area contributed by atoms with E-state index < -0.39 is 0 Å². The van der Waals surface area contributed by atoms with Crippen molar-refractivity contribution in [1.82, 2.24) is 0 Å². The molecule has 3 nitrogen and oxygen atoms in total. The Balaban J connectivity index is 2.43. The number of hydrogen-bond acceptors (Lipinski definition) is 2. The van der Waals surface area contributed by atoms with E-state index in [1.54, 1.807) is 0 Å². The van der Waals surface area contributed by atoms with Crippen LogP contribution in [-0.4, -0.2) is 18.9 Å². The van der Waals surface area contributed by atoms with Gasteiger partial charge in [-0.05, 0) is 38.8 Å². The summed E-state index contributed by atoms with van der Waals surface area (Å²) in [4.78, 5) is 2.40. The Labute approximate surface area is 123 Å². The molecule has 0 spiro atoms. The van der Waals surface area contributed by atoms with Crippen molar-refractivity contribution in [3.05, 3.63) is 29.8 Å². The van der Waals surface area contributed by atoms with Gasteiger partial charge in [-0.25, -0.2) is 0 Å². The van der Waals surface area contributed by atoms with E-state index in [2.05, 4.69) is 43.0 Å². The van der Waals surface area contributed by atoms with Crippen molar-refractivity contribution in [3.63, 3.8) is 0 Å². The van der Waals surface area contributed by atoms with Gasteiger partial charge in [-0.3, -0.25) is 5.41 Å². The monoisotopic (exact) mass is 275 g/mol. The molecular formula is C17H29N3. The van der Waals surface area contributed by atoms with E-state index in [0.29, 0.717) is 5.84 Å². The minimum absolute atomic E-state index is 0.166. The number of nitrogens with zero attached hydrogens (tertiary/aromatic N) is 1. The first-order valence-electron chi connectivity index (χ1n) is 7.53. The highest BCUT2D eigenvalue weighted by Crippen LogP contribution is 2.23. The van der Waals surface area contributed by atoms with Gasteiger partial charge in [0.25, 0.3) is 0 Å². The number of nitrogens with two attached hydrogens (primary N) is 1. The molecule has 0 saturated heterocycles. The molecule has 0 radical (unpaired) electrons. The number of aryl methyl sites for hydroxylation is 1. The van der Waals surface area contributed by atoms with Gasteiger partial charge >= 0.3 is 0 Å². The highest BCUT2D eigenvalue weighted by Gasteiger charge is 2.20. The maximum absolute atomic E-state index is 7.58. The molecule has 0 bridgehead atoms. The van der Waals surface area contributed by atoms with E-state index in [1.807, 2.05) is 13.8 Å². The summed E-state index contributed by atoms with van der Waals surface area (Å²) in [6.07, 6.45) is 3.22. The number of rotatable bonds is 8. The molecule has 3 heteroatoms. The van der Waals surface area contributed by atoms with E-state index in [4.69, 9.17) is 11.1 Å². The lowest BCUT2D eigenvalue weighted by Gasteiger charge is -2.25. The standard InChI is InChI=1S/C17H29N3/c1-5-20(15-10-8-14(2)9-11-15)13-7-6-12-17(3,4)16(18)19/h8-11H,5-7,12-13H2,1-4H3,(H3,18,19). The summed E-state index contributed by atoms with van der Waals surface area (Å²) >= 11 is 0. The zero-order chi connectivity index (χ0) is 15.2. The van der Waals surface area contributed by atoms with Gasteiger partial charge in [0.1, 0.15) is 0 Å². The Morgan fingerprint density at radius 2 is 1.80 bits per heavy atom. The van der Waals surface area contributed by atoms with E-state index in [0.717, 1.165) is 32.4 Å². The first kappa shape index (κ1) is 16.5. The van der Waals surface area contributed by atoms with Crippen LogP contribution in [0.15, 0.2) is 24.3 Å². The second-order valence-corrected chi connectivity index (χ2v) is 6.17. The molecule has 0 unspecified atom stereocenters. The Kier molecular flexibility index (Phi) is 6.05. The molecule has 1 rings (SSSR count). The minimum atomic E-state index is -0.166. The Hall–Kier alpha value is -1.51. The van der Waals surface area contributed by atoms with Crippen molar-refractivity contribution in [2.45, 2.75) is 47.0 Å². The number of amidine groups is 1. The van der Waals surface area contributed by atoms with Crippen LogP contribution in [0.2, 0.25) is 0 Å². The third-order valence-electron chi connectivity index (χ3n) is 3.99. The van der Waals surface area contributed by atoms with Crippen LogP contribution >= 0.6 is 0 Å². The quantitative estimate of drug-likeness (QED) is 0.429. The van der Waals surface area contributed by atoms with Crippen molar-refractivity contribution in [2.24, 2.45) is 11.1 Å². The first-order chi connectivity index (χ1) is 9.36. The van der Waals surface area contributed by atoms with Crippen LogP contribution in [0.25, 0.3) is 0 Å². The number of benzene rings is 1. The number of hydrogen-bond donors (Lipinski definition) is 2. The van der Waals surface area contributed by atoms with Crippen LogP contribution in [-0.2, 0) is 0 Å². The molecule has 0 aliphatic heterocycles. The molecule has 1 aromatic rings. The van der Waals surface area contributed by atoms with Gasteiger partial charge in [0, 0.05) is 24.2 Å². The zero-order valence-electron chi connectivity index (χ0n) is 13.4. The molecule has 20 heavy (non-hydrogen) atoms. The van der Waals surface area contributed by atoms with Crippen molar-refractivity contribution in [3.8, 4) is 0 Å². The van der Waals surface area contributed by atoms with E-state index in [9.17, 15) is 0 Å². The summed E-state index contributed by atoms with van der Waals surface area (Å²) in [6.45, 7) is 10.5. The van der Waals surface area contributed by atoms with Gasteiger partial charge in [0.2, 0.25) is 0 Å². The van der Waals surface area contributed by atoms with Crippen LogP contribution in [0.4, 0.5) is 5.69 Å². The third kappa shape index (κ3) is 4.87. The maximum atomic E-state index is 7.58. The molecule has 0 aromatic heterocycles. The molecule has 112 valence electrons. The summed E-state index contributed by atoms with van der Waals surface area (Å²) in [5.74, 6) is 0.295. The lowest BCUT2D eigenvalue weighted by Crippen LogP contribution is -2.31. The molecule has 0 heterocycles. The summed E-state index contributed by atoms with van der Waals surface area (Å²) < 4.78 is 0. The molecule has 0 saturated carbocycles. The van der Waals surface area contributed by atoms with Crippen LogP contribution in [0.1, 0.15) is 45.6 Å². The van der Waals surface area contributed by atoms with Gasteiger partial charge < -0.3 is 10.6 Å². The fourth-order valence-electron chi connectivity index (χ4n) is 2.23. The number of anilines is 1. The number of unbranched alkanes of at least 4 members (excludes halogenated alkanes) is 1. The summed E-state index contributed by atoms with van der Waals surface area (Å²) in [6, 6.07) is 8.71. The molecule has 0 aliphatic carbocycles. The zero-order valence-corrected chi connectivity index (χ0v) is 13.4.